The number of hydrogen-bond donors (Lipinski definition) is 1. The second kappa shape index (κ2) is 8.44. The summed E-state index contributed by atoms with van der Waals surface area (Å²) in [6, 6.07) is 20.3. The van der Waals surface area contributed by atoms with Gasteiger partial charge in [-0.15, -0.1) is 0 Å². The molecule has 0 aliphatic carbocycles. The van der Waals surface area contributed by atoms with Crippen molar-refractivity contribution < 1.29 is 5.21 Å². The van der Waals surface area contributed by atoms with Gasteiger partial charge in [-0.2, -0.15) is 0 Å². The average Bonchev–Trinajstić information content (AvgIpc) is 2.81. The highest BCUT2D eigenvalue weighted by Gasteiger charge is 2.22. The Morgan fingerprint density at radius 3 is 2.21 bits per heavy atom. The van der Waals surface area contributed by atoms with Crippen LogP contribution in [0.1, 0.15) is 24.0 Å². The number of aromatic nitrogens is 3. The molecule has 4 aromatic rings. The van der Waals surface area contributed by atoms with Crippen LogP contribution in [-0.4, -0.2) is 25.9 Å². The molecule has 142 valence electrons. The Hall–Kier alpha value is -3.86. The van der Waals surface area contributed by atoms with Gasteiger partial charge in [-0.05, 0) is 35.2 Å². The van der Waals surface area contributed by atoms with E-state index >= 15 is 0 Å². The van der Waals surface area contributed by atoms with Gasteiger partial charge < -0.3 is 5.21 Å². The molecule has 0 radical (unpaired) electrons. The summed E-state index contributed by atoms with van der Waals surface area (Å²) >= 11 is 0. The van der Waals surface area contributed by atoms with Crippen LogP contribution in [0.5, 0.6) is 0 Å². The number of hydrogen-bond acceptors (Lipinski definition) is 5. The fourth-order valence-corrected chi connectivity index (χ4v) is 3.54. The molecule has 0 aliphatic rings. The Bertz CT molecular complexity index is 1110. The lowest BCUT2D eigenvalue weighted by Gasteiger charge is -2.20. The fourth-order valence-electron chi connectivity index (χ4n) is 3.54. The first kappa shape index (κ1) is 18.5. The summed E-state index contributed by atoms with van der Waals surface area (Å²) in [5, 5.41) is 13.1. The lowest BCUT2D eigenvalue weighted by atomic mass is 9.83. The molecule has 2 heterocycles. The van der Waals surface area contributed by atoms with Crippen LogP contribution in [-0.2, 0) is 0 Å². The monoisotopic (exact) mass is 380 g/mol. The van der Waals surface area contributed by atoms with Crippen molar-refractivity contribution in [2.75, 3.05) is 0 Å². The maximum Gasteiger partial charge on any atom is 0.115 e. The second-order valence-electron chi connectivity index (χ2n) is 6.75. The minimum absolute atomic E-state index is 0.195. The zero-order valence-corrected chi connectivity index (χ0v) is 16.0. The highest BCUT2D eigenvalue weighted by molar-refractivity contribution is 5.93. The lowest BCUT2D eigenvalue weighted by Crippen LogP contribution is -2.12. The Labute approximate surface area is 169 Å². The highest BCUT2D eigenvalue weighted by Crippen LogP contribution is 2.34. The van der Waals surface area contributed by atoms with Crippen LogP contribution >= 0.6 is 0 Å². The van der Waals surface area contributed by atoms with Crippen molar-refractivity contribution in [3.05, 3.63) is 103 Å². The molecule has 0 bridgehead atoms. The maximum absolute atomic E-state index is 9.58. The first-order chi connectivity index (χ1) is 14.3. The van der Waals surface area contributed by atoms with E-state index in [-0.39, 0.29) is 5.92 Å². The van der Waals surface area contributed by atoms with E-state index in [2.05, 4.69) is 44.4 Å². The van der Waals surface area contributed by atoms with Gasteiger partial charge in [0, 0.05) is 35.9 Å². The van der Waals surface area contributed by atoms with E-state index in [1.807, 2.05) is 49.5 Å². The Morgan fingerprint density at radius 2 is 1.52 bits per heavy atom. The molecular weight excluding hydrogens is 360 g/mol. The molecular formula is C24H20N4O. The molecule has 5 heteroatoms. The van der Waals surface area contributed by atoms with Crippen molar-refractivity contribution in [1.82, 2.24) is 15.0 Å². The number of nitrogens with zero attached hydrogens (tertiary/aromatic N) is 4. The minimum atomic E-state index is -0.195. The summed E-state index contributed by atoms with van der Waals surface area (Å²) in [6.45, 7) is 1.83. The SMILES string of the molecule is C/C(=N/O)C(c1ccc(-c2cncnc2)cc1)c1ccncc1-c1ccccc1. The van der Waals surface area contributed by atoms with Crippen molar-refractivity contribution in [2.45, 2.75) is 12.8 Å². The van der Waals surface area contributed by atoms with Crippen LogP contribution < -0.4 is 0 Å². The molecule has 5 nitrogen and oxygen atoms in total. The van der Waals surface area contributed by atoms with E-state index in [1.54, 1.807) is 18.6 Å². The number of oxime groups is 1. The Kier molecular flexibility index (Phi) is 5.38. The predicted octanol–water partition coefficient (Wildman–Crippen LogP) is 5.19. The molecule has 0 saturated heterocycles. The zero-order chi connectivity index (χ0) is 20.1. The minimum Gasteiger partial charge on any atom is -0.411 e. The molecule has 2 aromatic carbocycles. The third-order valence-electron chi connectivity index (χ3n) is 4.96. The number of rotatable bonds is 5. The third-order valence-corrected chi connectivity index (χ3v) is 4.96. The van der Waals surface area contributed by atoms with Crippen molar-refractivity contribution in [3.63, 3.8) is 0 Å². The largest absolute Gasteiger partial charge is 0.411 e. The van der Waals surface area contributed by atoms with Crippen LogP contribution in [0, 0.1) is 0 Å². The molecule has 1 unspecified atom stereocenters. The summed E-state index contributed by atoms with van der Waals surface area (Å²) in [5.74, 6) is -0.195. The summed E-state index contributed by atoms with van der Waals surface area (Å²) in [6.07, 6.45) is 8.73. The van der Waals surface area contributed by atoms with Crippen molar-refractivity contribution in [1.29, 1.82) is 0 Å². The van der Waals surface area contributed by atoms with Crippen molar-refractivity contribution >= 4 is 5.71 Å². The van der Waals surface area contributed by atoms with Gasteiger partial charge in [0.05, 0.1) is 11.6 Å². The van der Waals surface area contributed by atoms with Gasteiger partial charge in [-0.25, -0.2) is 9.97 Å². The van der Waals surface area contributed by atoms with Gasteiger partial charge in [0.1, 0.15) is 6.33 Å². The summed E-state index contributed by atoms with van der Waals surface area (Å²) in [4.78, 5) is 12.5. The molecule has 4 rings (SSSR count). The van der Waals surface area contributed by atoms with E-state index in [0.29, 0.717) is 5.71 Å². The Balaban J connectivity index is 1.80. The van der Waals surface area contributed by atoms with E-state index in [4.69, 9.17) is 0 Å². The molecule has 2 aromatic heterocycles. The average molecular weight is 380 g/mol. The number of benzene rings is 2. The normalized spacial score (nSPS) is 12.5. The predicted molar refractivity (Wildman–Crippen MR) is 114 cm³/mol. The van der Waals surface area contributed by atoms with Gasteiger partial charge in [0.2, 0.25) is 0 Å². The van der Waals surface area contributed by atoms with Gasteiger partial charge in [0.25, 0.3) is 0 Å². The fraction of sp³-hybridized carbons (Fsp3) is 0.0833. The summed E-state index contributed by atoms with van der Waals surface area (Å²) in [7, 11) is 0. The van der Waals surface area contributed by atoms with Crippen LogP contribution in [0.25, 0.3) is 22.3 Å². The smallest absolute Gasteiger partial charge is 0.115 e. The quantitative estimate of drug-likeness (QED) is 0.294. The van der Waals surface area contributed by atoms with E-state index in [1.165, 1.54) is 6.33 Å². The topological polar surface area (TPSA) is 71.3 Å². The van der Waals surface area contributed by atoms with E-state index in [0.717, 1.165) is 33.4 Å². The molecule has 1 N–H and O–H groups in total. The molecule has 0 saturated carbocycles. The van der Waals surface area contributed by atoms with Crippen LogP contribution in [0.4, 0.5) is 0 Å². The van der Waals surface area contributed by atoms with Gasteiger partial charge in [0.15, 0.2) is 0 Å². The Morgan fingerprint density at radius 1 is 0.793 bits per heavy atom. The number of pyridine rings is 1. The third kappa shape index (κ3) is 3.89. The first-order valence-corrected chi connectivity index (χ1v) is 9.31. The zero-order valence-electron chi connectivity index (χ0n) is 16.0. The van der Waals surface area contributed by atoms with Crippen molar-refractivity contribution in [2.24, 2.45) is 5.16 Å². The maximum atomic E-state index is 9.58. The first-order valence-electron chi connectivity index (χ1n) is 9.31. The van der Waals surface area contributed by atoms with Gasteiger partial charge in [-0.1, -0.05) is 59.8 Å². The molecule has 0 fully saturated rings. The summed E-state index contributed by atoms with van der Waals surface area (Å²) < 4.78 is 0. The van der Waals surface area contributed by atoms with Crippen LogP contribution in [0.2, 0.25) is 0 Å². The van der Waals surface area contributed by atoms with Crippen molar-refractivity contribution in [3.8, 4) is 22.3 Å². The van der Waals surface area contributed by atoms with Crippen LogP contribution in [0.15, 0.2) is 96.9 Å². The van der Waals surface area contributed by atoms with Gasteiger partial charge >= 0.3 is 0 Å². The molecule has 0 amide bonds. The molecule has 1 atom stereocenters. The highest BCUT2D eigenvalue weighted by atomic mass is 16.4. The summed E-state index contributed by atoms with van der Waals surface area (Å²) in [5.41, 5.74) is 6.76. The molecule has 29 heavy (non-hydrogen) atoms. The van der Waals surface area contributed by atoms with Gasteiger partial charge in [-0.3, -0.25) is 4.98 Å². The van der Waals surface area contributed by atoms with E-state index < -0.39 is 0 Å². The standard InChI is InChI=1S/C24H20N4O/c1-17(28-29)24(20-9-7-18(8-10-20)21-13-26-16-27-14-21)22-11-12-25-15-23(22)19-5-3-2-4-6-19/h2-16,24,29H,1H3/b28-17-. The lowest BCUT2D eigenvalue weighted by molar-refractivity contribution is 0.317. The second-order valence-corrected chi connectivity index (χ2v) is 6.75. The van der Waals surface area contributed by atoms with Crippen LogP contribution in [0.3, 0.4) is 0 Å². The van der Waals surface area contributed by atoms with E-state index in [9.17, 15) is 5.21 Å². The molecule has 0 spiro atoms. The molecule has 0 aliphatic heterocycles.